The van der Waals surface area contributed by atoms with Crippen molar-refractivity contribution < 1.29 is 14.6 Å². The molecule has 4 aromatic rings. The minimum absolute atomic E-state index is 0. The molecule has 0 aliphatic carbocycles. The summed E-state index contributed by atoms with van der Waals surface area (Å²) >= 11 is 9.76. The number of hydrogen-bond acceptors (Lipinski definition) is 9. The van der Waals surface area contributed by atoms with E-state index in [-0.39, 0.29) is 35.4 Å². The number of H-pyrrole nitrogens is 2. The van der Waals surface area contributed by atoms with Crippen LogP contribution in [-0.2, 0) is 4.74 Å². The molecule has 48 heavy (non-hydrogen) atoms. The smallest absolute Gasteiger partial charge is 0.337 e. The van der Waals surface area contributed by atoms with E-state index in [1.54, 1.807) is 25.4 Å². The van der Waals surface area contributed by atoms with Gasteiger partial charge in [-0.05, 0) is 99.7 Å². The number of nitrogens with zero attached hydrogens (tertiary/aromatic N) is 5. The third kappa shape index (κ3) is 14.3. The highest BCUT2D eigenvalue weighted by molar-refractivity contribution is 9.11. The van der Waals surface area contributed by atoms with E-state index in [4.69, 9.17) is 4.74 Å². The highest BCUT2D eigenvalue weighted by Crippen LogP contribution is 2.29. The number of pyridine rings is 3. The van der Waals surface area contributed by atoms with Crippen LogP contribution in [-0.4, -0.2) is 62.0 Å². The molecule has 0 unspecified atom stereocenters. The average molecular weight is 866 g/mol. The van der Waals surface area contributed by atoms with Crippen molar-refractivity contribution in [1.29, 1.82) is 0 Å². The molecule has 0 saturated carbocycles. The van der Waals surface area contributed by atoms with Crippen LogP contribution in [0.25, 0.3) is 17.0 Å². The van der Waals surface area contributed by atoms with Crippen molar-refractivity contribution in [3.63, 3.8) is 0 Å². The molecule has 1 aliphatic rings. The van der Waals surface area contributed by atoms with Crippen molar-refractivity contribution in [1.82, 2.24) is 24.8 Å². The molecule has 2 N–H and O–H groups in total. The molecule has 1 fully saturated rings. The van der Waals surface area contributed by atoms with E-state index >= 15 is 0 Å². The lowest BCUT2D eigenvalue weighted by Crippen LogP contribution is -2.12. The van der Waals surface area contributed by atoms with Crippen LogP contribution in [0.3, 0.4) is 0 Å². The van der Waals surface area contributed by atoms with Crippen LogP contribution < -0.4 is 5.56 Å². The van der Waals surface area contributed by atoms with E-state index < -0.39 is 21.1 Å². The van der Waals surface area contributed by atoms with E-state index in [1.807, 2.05) is 44.4 Å². The molecule has 5 rings (SSSR count). The first-order chi connectivity index (χ1) is 20.8. The van der Waals surface area contributed by atoms with Crippen LogP contribution in [0.2, 0.25) is 0 Å². The molecule has 0 atom stereocenters. The molecular weight excluding hydrogens is 818 g/mol. The highest BCUT2D eigenvalue weighted by Gasteiger charge is 2.19. The third-order valence-corrected chi connectivity index (χ3v) is 8.04. The Hall–Kier alpha value is -3.47. The fourth-order valence-corrected chi connectivity index (χ4v) is 4.84. The summed E-state index contributed by atoms with van der Waals surface area (Å²) in [6.45, 7) is 7.13. The normalized spacial score (nSPS) is 11.0. The number of aromatic amines is 2. The van der Waals surface area contributed by atoms with Crippen molar-refractivity contribution in [2.45, 2.75) is 63.3 Å². The summed E-state index contributed by atoms with van der Waals surface area (Å²) < 4.78 is 7.12. The first kappa shape index (κ1) is 48.9. The second-order valence-electron chi connectivity index (χ2n) is 9.46. The van der Waals surface area contributed by atoms with Gasteiger partial charge in [-0.25, -0.2) is 0 Å². The van der Waals surface area contributed by atoms with Gasteiger partial charge in [-0.2, -0.15) is 0 Å². The van der Waals surface area contributed by atoms with Gasteiger partial charge >= 0.3 is 11.2 Å². The molecule has 0 amide bonds. The molecule has 16 heteroatoms. The SMILES string of the molecule is C.C.C.C.C1CCOC1.Cc1c(Br)c[nH]c(=O)c1[N+](=O)[O-].Cc1ncc(Br)c(/C=C/N(C)C)c1[N+](=O)[O-].Cc1ncc(Br)c2cc[nH]c12. The molecule has 4 aromatic heterocycles. The Morgan fingerprint density at radius 2 is 1.40 bits per heavy atom. The molecular formula is C32H48Br3N7O6. The van der Waals surface area contributed by atoms with Crippen molar-refractivity contribution in [2.24, 2.45) is 0 Å². The van der Waals surface area contributed by atoms with Gasteiger partial charge in [-0.3, -0.25) is 35.0 Å². The lowest BCUT2D eigenvalue weighted by Gasteiger charge is -2.06. The maximum Gasteiger partial charge on any atom is 0.337 e. The van der Waals surface area contributed by atoms with Gasteiger partial charge in [0.2, 0.25) is 0 Å². The molecule has 0 bridgehead atoms. The maximum atomic E-state index is 10.9. The number of hydrogen-bond donors (Lipinski definition) is 2. The first-order valence-corrected chi connectivity index (χ1v) is 15.5. The summed E-state index contributed by atoms with van der Waals surface area (Å²) in [6.07, 6.45) is 12.7. The van der Waals surface area contributed by atoms with E-state index in [0.29, 0.717) is 25.8 Å². The number of nitrogens with one attached hydrogen (secondary N) is 2. The maximum absolute atomic E-state index is 10.9. The van der Waals surface area contributed by atoms with Gasteiger partial charge in [0.15, 0.2) is 0 Å². The number of halogens is 3. The van der Waals surface area contributed by atoms with Crippen molar-refractivity contribution in [2.75, 3.05) is 27.3 Å². The van der Waals surface area contributed by atoms with Crippen LogP contribution >= 0.6 is 47.8 Å². The van der Waals surface area contributed by atoms with Gasteiger partial charge in [0.05, 0.1) is 31.1 Å². The van der Waals surface area contributed by atoms with Crippen molar-refractivity contribution in [3.8, 4) is 0 Å². The Morgan fingerprint density at radius 3 is 1.85 bits per heavy atom. The molecule has 0 spiro atoms. The molecule has 0 aromatic carbocycles. The quantitative estimate of drug-likeness (QED) is 0.150. The summed E-state index contributed by atoms with van der Waals surface area (Å²) in [7, 11) is 3.70. The van der Waals surface area contributed by atoms with E-state index in [1.165, 1.54) is 31.3 Å². The number of aryl methyl sites for hydroxylation is 2. The number of nitro groups is 2. The van der Waals surface area contributed by atoms with Gasteiger partial charge in [0, 0.05) is 72.0 Å². The Kier molecular flexibility index (Phi) is 24.2. The van der Waals surface area contributed by atoms with E-state index in [2.05, 4.69) is 67.7 Å². The average Bonchev–Trinajstić information content (AvgIpc) is 3.70. The standard InChI is InChI=1S/C10H12BrN3O2.C8H7BrN2.C6H5BrN2O3.C4H8O.4CH4/c1-7-10(14(15)16)8(4-5-13(2)3)9(11)6-12-7;1-5-8-6(2-3-10-8)7(9)4-11-5;1-3-4(7)2-8-6(10)5(3)9(11)12;1-2-4-5-3-1;;;;/h4-6H,1-3H3;2-4,10H,1H3;2H,1H3,(H,8,10);1-4H2;4*1H4/b5-4+;;;;;;;. The fraction of sp³-hybridized carbons (Fsp3) is 0.406. The van der Waals surface area contributed by atoms with Crippen LogP contribution in [0.4, 0.5) is 11.4 Å². The van der Waals surface area contributed by atoms with Gasteiger partial charge in [-0.1, -0.05) is 29.7 Å². The largest absolute Gasteiger partial charge is 0.383 e. The summed E-state index contributed by atoms with van der Waals surface area (Å²) in [5.74, 6) is 0. The second kappa shape index (κ2) is 23.8. The predicted octanol–water partition coefficient (Wildman–Crippen LogP) is 9.92. The monoisotopic (exact) mass is 863 g/mol. The van der Waals surface area contributed by atoms with Crippen molar-refractivity contribution in [3.05, 3.63) is 104 Å². The number of aromatic nitrogens is 4. The summed E-state index contributed by atoms with van der Waals surface area (Å²) in [5, 5.41) is 22.5. The Bertz CT molecular complexity index is 1640. The number of ether oxygens (including phenoxy) is 1. The van der Waals surface area contributed by atoms with Gasteiger partial charge < -0.3 is 19.6 Å². The van der Waals surface area contributed by atoms with E-state index in [9.17, 15) is 25.0 Å². The summed E-state index contributed by atoms with van der Waals surface area (Å²) in [6, 6.07) is 2.04. The molecule has 0 radical (unpaired) electrons. The van der Waals surface area contributed by atoms with Gasteiger partial charge in [0.25, 0.3) is 5.69 Å². The minimum atomic E-state index is -0.696. The predicted molar refractivity (Wildman–Crippen MR) is 208 cm³/mol. The first-order valence-electron chi connectivity index (χ1n) is 13.1. The minimum Gasteiger partial charge on any atom is -0.383 e. The Labute approximate surface area is 308 Å². The topological polar surface area (TPSA) is 173 Å². The zero-order valence-corrected chi connectivity index (χ0v) is 29.4. The van der Waals surface area contributed by atoms with Gasteiger partial charge in [0.1, 0.15) is 5.69 Å². The zero-order valence-electron chi connectivity index (χ0n) is 24.7. The van der Waals surface area contributed by atoms with Gasteiger partial charge in [-0.15, -0.1) is 0 Å². The highest BCUT2D eigenvalue weighted by atomic mass is 79.9. The Balaban J connectivity index is -0.000000573. The summed E-state index contributed by atoms with van der Waals surface area (Å²) in [4.78, 5) is 46.4. The third-order valence-electron chi connectivity index (χ3n) is 5.95. The lowest BCUT2D eigenvalue weighted by atomic mass is 10.2. The van der Waals surface area contributed by atoms with Crippen LogP contribution in [0.1, 0.15) is 65.1 Å². The van der Waals surface area contributed by atoms with Crippen LogP contribution in [0.15, 0.2) is 55.3 Å². The van der Waals surface area contributed by atoms with E-state index in [0.717, 1.165) is 28.9 Å². The summed E-state index contributed by atoms with van der Waals surface area (Å²) in [5.41, 5.74) is 2.37. The van der Waals surface area contributed by atoms with Crippen LogP contribution in [0, 0.1) is 41.0 Å². The fourth-order valence-electron chi connectivity index (χ4n) is 3.68. The molecule has 13 nitrogen and oxygen atoms in total. The second-order valence-corrected chi connectivity index (χ2v) is 12.0. The molecule has 1 saturated heterocycles. The number of rotatable bonds is 4. The Morgan fingerprint density at radius 1 is 0.854 bits per heavy atom. The lowest BCUT2D eigenvalue weighted by molar-refractivity contribution is -0.387. The zero-order chi connectivity index (χ0) is 33.0. The molecule has 268 valence electrons. The molecule has 1 aliphatic heterocycles. The molecule has 5 heterocycles. The number of fused-ring (bicyclic) bond motifs is 1. The van der Waals surface area contributed by atoms with Crippen molar-refractivity contribution >= 4 is 76.1 Å². The van der Waals surface area contributed by atoms with Crippen LogP contribution in [0.5, 0.6) is 0 Å².